The van der Waals surface area contributed by atoms with E-state index in [4.69, 9.17) is 4.74 Å². The highest BCUT2D eigenvalue weighted by Gasteiger charge is 2.30. The smallest absolute Gasteiger partial charge is 0.327 e. The van der Waals surface area contributed by atoms with Crippen LogP contribution in [0.25, 0.3) is 0 Å². The number of esters is 1. The summed E-state index contributed by atoms with van der Waals surface area (Å²) in [5, 5.41) is 3.38. The maximum absolute atomic E-state index is 12.1. The van der Waals surface area contributed by atoms with Crippen LogP contribution in [0.1, 0.15) is 55.7 Å². The van der Waals surface area contributed by atoms with Gasteiger partial charge < -0.3 is 4.74 Å². The van der Waals surface area contributed by atoms with Gasteiger partial charge in [0.15, 0.2) is 0 Å². The molecule has 0 saturated heterocycles. The lowest BCUT2D eigenvalue weighted by Crippen LogP contribution is -2.31. The first-order valence-corrected chi connectivity index (χ1v) is 7.30. The molecule has 3 rings (SSSR count). The predicted octanol–water partition coefficient (Wildman–Crippen LogP) is 2.92. The Morgan fingerprint density at radius 3 is 2.47 bits per heavy atom. The van der Waals surface area contributed by atoms with E-state index in [0.717, 1.165) is 24.3 Å². The standard InChI is InChI=1S/C16H21NO2/c1-2-19-16(18)15(17-14-9-10-14)13-7-5-12(6-8-13)11-3-4-11/h5-8,11,14-15,17H,2-4,9-10H2,1H3. The zero-order chi connectivity index (χ0) is 13.2. The molecule has 102 valence electrons. The Balaban J connectivity index is 1.74. The molecule has 1 N–H and O–H groups in total. The van der Waals surface area contributed by atoms with Crippen LogP contribution in [0.3, 0.4) is 0 Å². The minimum atomic E-state index is -0.305. The summed E-state index contributed by atoms with van der Waals surface area (Å²) in [5.74, 6) is 0.597. The third-order valence-electron chi connectivity index (χ3n) is 3.82. The topological polar surface area (TPSA) is 38.3 Å². The van der Waals surface area contributed by atoms with E-state index >= 15 is 0 Å². The van der Waals surface area contributed by atoms with Gasteiger partial charge >= 0.3 is 5.97 Å². The van der Waals surface area contributed by atoms with Gasteiger partial charge in [-0.15, -0.1) is 0 Å². The van der Waals surface area contributed by atoms with Crippen LogP contribution in [0.4, 0.5) is 0 Å². The molecular formula is C16H21NO2. The van der Waals surface area contributed by atoms with Gasteiger partial charge in [0, 0.05) is 6.04 Å². The molecule has 2 aliphatic carbocycles. The first kappa shape index (κ1) is 12.7. The fourth-order valence-corrected chi connectivity index (χ4v) is 2.39. The second-order valence-corrected chi connectivity index (χ2v) is 5.57. The highest BCUT2D eigenvalue weighted by atomic mass is 16.5. The molecule has 3 nitrogen and oxygen atoms in total. The Kier molecular flexibility index (Phi) is 3.56. The highest BCUT2D eigenvalue weighted by molar-refractivity contribution is 5.77. The molecule has 3 heteroatoms. The molecule has 1 aromatic carbocycles. The summed E-state index contributed by atoms with van der Waals surface area (Å²) >= 11 is 0. The van der Waals surface area contributed by atoms with Gasteiger partial charge in [0.1, 0.15) is 6.04 Å². The van der Waals surface area contributed by atoms with Gasteiger partial charge in [-0.25, -0.2) is 4.79 Å². The van der Waals surface area contributed by atoms with E-state index in [9.17, 15) is 4.79 Å². The molecule has 2 aliphatic rings. The summed E-state index contributed by atoms with van der Waals surface area (Å²) in [6, 6.07) is 8.65. The quantitative estimate of drug-likeness (QED) is 0.798. The number of rotatable bonds is 6. The van der Waals surface area contributed by atoms with Gasteiger partial charge in [0.25, 0.3) is 0 Å². The minimum absolute atomic E-state index is 0.159. The van der Waals surface area contributed by atoms with Crippen LogP contribution < -0.4 is 5.32 Å². The average molecular weight is 259 g/mol. The molecule has 0 spiro atoms. The van der Waals surface area contributed by atoms with Crippen LogP contribution in [0.5, 0.6) is 0 Å². The Hall–Kier alpha value is -1.35. The Morgan fingerprint density at radius 1 is 1.26 bits per heavy atom. The summed E-state index contributed by atoms with van der Waals surface area (Å²) in [6.45, 7) is 2.28. The maximum atomic E-state index is 12.1. The highest BCUT2D eigenvalue weighted by Crippen LogP contribution is 2.40. The number of hydrogen-bond acceptors (Lipinski definition) is 3. The van der Waals surface area contributed by atoms with Crippen LogP contribution in [-0.4, -0.2) is 18.6 Å². The summed E-state index contributed by atoms with van der Waals surface area (Å²) in [7, 11) is 0. The summed E-state index contributed by atoms with van der Waals surface area (Å²) in [4.78, 5) is 12.1. The van der Waals surface area contributed by atoms with Crippen LogP contribution in [0, 0.1) is 0 Å². The molecule has 2 fully saturated rings. The van der Waals surface area contributed by atoms with Crippen LogP contribution in [0.15, 0.2) is 24.3 Å². The van der Waals surface area contributed by atoms with Crippen molar-refractivity contribution < 1.29 is 9.53 Å². The molecule has 0 aromatic heterocycles. The zero-order valence-corrected chi connectivity index (χ0v) is 11.4. The minimum Gasteiger partial charge on any atom is -0.465 e. The van der Waals surface area contributed by atoms with Crippen molar-refractivity contribution >= 4 is 5.97 Å². The molecule has 1 aromatic rings. The van der Waals surface area contributed by atoms with Gasteiger partial charge in [-0.3, -0.25) is 5.32 Å². The van der Waals surface area contributed by atoms with Gasteiger partial charge in [-0.05, 0) is 49.7 Å². The molecule has 0 radical (unpaired) electrons. The zero-order valence-electron chi connectivity index (χ0n) is 11.4. The molecule has 0 aliphatic heterocycles. The third kappa shape index (κ3) is 3.16. The molecule has 19 heavy (non-hydrogen) atoms. The van der Waals surface area contributed by atoms with E-state index < -0.39 is 0 Å². The molecule has 0 heterocycles. The fraction of sp³-hybridized carbons (Fsp3) is 0.562. The first-order chi connectivity index (χ1) is 9.28. The molecule has 0 bridgehead atoms. The third-order valence-corrected chi connectivity index (χ3v) is 3.82. The average Bonchev–Trinajstić information content (AvgIpc) is 3.29. The van der Waals surface area contributed by atoms with Crippen molar-refractivity contribution in [2.45, 2.75) is 50.6 Å². The first-order valence-electron chi connectivity index (χ1n) is 7.30. The molecule has 1 atom stereocenters. The maximum Gasteiger partial charge on any atom is 0.327 e. The molecule has 2 saturated carbocycles. The van der Waals surface area contributed by atoms with Crippen molar-refractivity contribution in [3.8, 4) is 0 Å². The number of carbonyl (C=O) groups excluding carboxylic acids is 1. The van der Waals surface area contributed by atoms with E-state index in [2.05, 4.69) is 29.6 Å². The number of ether oxygens (including phenoxy) is 1. The Morgan fingerprint density at radius 2 is 1.95 bits per heavy atom. The van der Waals surface area contributed by atoms with E-state index in [-0.39, 0.29) is 12.0 Å². The number of hydrogen-bond donors (Lipinski definition) is 1. The van der Waals surface area contributed by atoms with Gasteiger partial charge in [0.2, 0.25) is 0 Å². The molecular weight excluding hydrogens is 238 g/mol. The lowest BCUT2D eigenvalue weighted by molar-refractivity contribution is -0.145. The van der Waals surface area contributed by atoms with Gasteiger partial charge in [-0.2, -0.15) is 0 Å². The summed E-state index contributed by atoms with van der Waals surface area (Å²) in [5.41, 5.74) is 2.42. The van der Waals surface area contributed by atoms with E-state index in [1.54, 1.807) is 0 Å². The number of carbonyl (C=O) groups is 1. The lowest BCUT2D eigenvalue weighted by Gasteiger charge is -2.17. The van der Waals surface area contributed by atoms with Crippen molar-refractivity contribution in [1.82, 2.24) is 5.32 Å². The lowest BCUT2D eigenvalue weighted by atomic mass is 10.0. The van der Waals surface area contributed by atoms with E-state index in [1.807, 2.05) is 6.92 Å². The summed E-state index contributed by atoms with van der Waals surface area (Å²) < 4.78 is 5.18. The second kappa shape index (κ2) is 5.33. The van der Waals surface area contributed by atoms with Crippen molar-refractivity contribution in [3.63, 3.8) is 0 Å². The fourth-order valence-electron chi connectivity index (χ4n) is 2.39. The largest absolute Gasteiger partial charge is 0.465 e. The Labute approximate surface area is 114 Å². The van der Waals surface area contributed by atoms with Crippen LogP contribution in [0.2, 0.25) is 0 Å². The number of benzene rings is 1. The Bertz CT molecular complexity index is 446. The normalized spacial score (nSPS) is 20.1. The van der Waals surface area contributed by atoms with Crippen molar-refractivity contribution in [2.75, 3.05) is 6.61 Å². The van der Waals surface area contributed by atoms with Crippen LogP contribution in [-0.2, 0) is 9.53 Å². The van der Waals surface area contributed by atoms with E-state index in [0.29, 0.717) is 12.6 Å². The van der Waals surface area contributed by atoms with Crippen molar-refractivity contribution in [1.29, 1.82) is 0 Å². The summed E-state index contributed by atoms with van der Waals surface area (Å²) in [6.07, 6.45) is 4.94. The predicted molar refractivity (Wildman–Crippen MR) is 73.9 cm³/mol. The molecule has 1 unspecified atom stereocenters. The van der Waals surface area contributed by atoms with Crippen molar-refractivity contribution in [3.05, 3.63) is 35.4 Å². The monoisotopic (exact) mass is 259 g/mol. The SMILES string of the molecule is CCOC(=O)C(NC1CC1)c1ccc(C2CC2)cc1. The molecule has 0 amide bonds. The van der Waals surface area contributed by atoms with Crippen molar-refractivity contribution in [2.24, 2.45) is 0 Å². The van der Waals surface area contributed by atoms with E-state index in [1.165, 1.54) is 18.4 Å². The van der Waals surface area contributed by atoms with Gasteiger partial charge in [0.05, 0.1) is 6.61 Å². The second-order valence-electron chi connectivity index (χ2n) is 5.57. The van der Waals surface area contributed by atoms with Crippen LogP contribution >= 0.6 is 0 Å². The number of nitrogens with one attached hydrogen (secondary N) is 1. The van der Waals surface area contributed by atoms with Gasteiger partial charge in [-0.1, -0.05) is 24.3 Å².